The molecule has 2 atom stereocenters. The van der Waals surface area contributed by atoms with Crippen LogP contribution >= 0.6 is 23.2 Å². The van der Waals surface area contributed by atoms with Crippen molar-refractivity contribution in [3.05, 3.63) is 46.2 Å². The number of anilines is 1. The van der Waals surface area contributed by atoms with Gasteiger partial charge in [0.2, 0.25) is 5.95 Å². The summed E-state index contributed by atoms with van der Waals surface area (Å²) < 4.78 is 45.0. The maximum Gasteiger partial charge on any atom is 0.393 e. The van der Waals surface area contributed by atoms with Crippen molar-refractivity contribution in [1.29, 1.82) is 0 Å². The van der Waals surface area contributed by atoms with Crippen LogP contribution in [0.1, 0.15) is 12.0 Å². The van der Waals surface area contributed by atoms with Gasteiger partial charge in [-0.25, -0.2) is 9.97 Å². The van der Waals surface area contributed by atoms with Crippen LogP contribution in [0, 0.1) is 11.8 Å². The van der Waals surface area contributed by atoms with Gasteiger partial charge in [-0.15, -0.1) is 0 Å². The first-order valence-electron chi connectivity index (χ1n) is 8.58. The van der Waals surface area contributed by atoms with E-state index < -0.39 is 18.0 Å². The minimum absolute atomic E-state index is 0.101. The highest BCUT2D eigenvalue weighted by Crippen LogP contribution is 2.36. The maximum absolute atomic E-state index is 13.1. The van der Waals surface area contributed by atoms with E-state index in [9.17, 15) is 18.3 Å². The van der Waals surface area contributed by atoms with E-state index in [1.54, 1.807) is 18.2 Å². The Morgan fingerprint density at radius 3 is 2.36 bits per heavy atom. The van der Waals surface area contributed by atoms with Crippen molar-refractivity contribution in [3.63, 3.8) is 0 Å². The largest absolute Gasteiger partial charge is 0.486 e. The monoisotopic (exact) mass is 435 g/mol. The maximum atomic E-state index is 13.1. The number of ether oxygens (including phenoxy) is 1. The molecule has 1 aromatic heterocycles. The zero-order chi connectivity index (χ0) is 20.3. The zero-order valence-electron chi connectivity index (χ0n) is 14.7. The van der Waals surface area contributed by atoms with Crippen LogP contribution in [0.2, 0.25) is 10.0 Å². The predicted molar refractivity (Wildman–Crippen MR) is 99.8 cm³/mol. The van der Waals surface area contributed by atoms with Crippen molar-refractivity contribution in [2.45, 2.75) is 19.2 Å². The van der Waals surface area contributed by atoms with Crippen molar-refractivity contribution < 1.29 is 23.0 Å². The summed E-state index contributed by atoms with van der Waals surface area (Å²) in [6.07, 6.45) is -1.66. The minimum atomic E-state index is -4.33. The molecule has 1 fully saturated rings. The van der Waals surface area contributed by atoms with E-state index >= 15 is 0 Å². The van der Waals surface area contributed by atoms with Crippen molar-refractivity contribution >= 4 is 29.2 Å². The second-order valence-corrected chi connectivity index (χ2v) is 7.45. The van der Waals surface area contributed by atoms with E-state index in [4.69, 9.17) is 27.9 Å². The van der Waals surface area contributed by atoms with E-state index in [0.29, 0.717) is 21.4 Å². The summed E-state index contributed by atoms with van der Waals surface area (Å²) in [7, 11) is 0. The molecule has 10 heteroatoms. The lowest BCUT2D eigenvalue weighted by Gasteiger charge is -2.37. The molecule has 0 aliphatic carbocycles. The third-order valence-corrected chi connectivity index (χ3v) is 5.31. The minimum Gasteiger partial charge on any atom is -0.486 e. The Morgan fingerprint density at radius 1 is 1.14 bits per heavy atom. The number of alkyl halides is 3. The number of piperidine rings is 1. The van der Waals surface area contributed by atoms with E-state index in [1.165, 1.54) is 17.3 Å². The van der Waals surface area contributed by atoms with Crippen LogP contribution in [0.25, 0.3) is 0 Å². The van der Waals surface area contributed by atoms with Crippen LogP contribution in [-0.4, -0.2) is 40.9 Å². The number of halogens is 5. The van der Waals surface area contributed by atoms with Crippen LogP contribution in [0.5, 0.6) is 5.75 Å². The highest BCUT2D eigenvalue weighted by Gasteiger charge is 2.44. The van der Waals surface area contributed by atoms with Crippen molar-refractivity contribution in [1.82, 2.24) is 9.97 Å². The number of rotatable bonds is 5. The molecule has 1 aromatic carbocycles. The number of aliphatic hydroxyl groups excluding tert-OH is 1. The second kappa shape index (κ2) is 8.71. The number of nitrogens with zero attached hydrogens (tertiary/aromatic N) is 3. The highest BCUT2D eigenvalue weighted by molar-refractivity contribution is 6.35. The topological polar surface area (TPSA) is 58.5 Å². The molecule has 152 valence electrons. The molecule has 0 radical (unpaired) electrons. The molecule has 0 unspecified atom stereocenters. The number of hydrogen-bond acceptors (Lipinski definition) is 5. The van der Waals surface area contributed by atoms with E-state index in [0.717, 1.165) is 0 Å². The lowest BCUT2D eigenvalue weighted by molar-refractivity contribution is -0.180. The molecule has 0 bridgehead atoms. The lowest BCUT2D eigenvalue weighted by atomic mass is 9.89. The van der Waals surface area contributed by atoms with Crippen LogP contribution in [-0.2, 0) is 6.61 Å². The number of benzene rings is 1. The van der Waals surface area contributed by atoms with E-state index in [1.807, 2.05) is 0 Å². The third kappa shape index (κ3) is 4.98. The molecule has 0 spiro atoms. The molecule has 2 aromatic rings. The first-order chi connectivity index (χ1) is 13.3. The average molecular weight is 436 g/mol. The summed E-state index contributed by atoms with van der Waals surface area (Å²) in [4.78, 5) is 9.68. The molecule has 1 aliphatic heterocycles. The molecule has 2 heterocycles. The van der Waals surface area contributed by atoms with Gasteiger partial charge in [-0.3, -0.25) is 0 Å². The van der Waals surface area contributed by atoms with Gasteiger partial charge < -0.3 is 14.7 Å². The molecule has 0 saturated carbocycles. The highest BCUT2D eigenvalue weighted by atomic mass is 35.5. The fourth-order valence-corrected chi connectivity index (χ4v) is 3.62. The van der Waals surface area contributed by atoms with E-state index in [-0.39, 0.29) is 38.7 Å². The van der Waals surface area contributed by atoms with Crippen LogP contribution < -0.4 is 9.64 Å². The molecule has 0 amide bonds. The summed E-state index contributed by atoms with van der Waals surface area (Å²) in [6, 6.07) is 5.10. The number of hydrogen-bond donors (Lipinski definition) is 1. The molecule has 1 N–H and O–H groups in total. The molecule has 28 heavy (non-hydrogen) atoms. The molecular formula is C18H18Cl2F3N3O2. The van der Waals surface area contributed by atoms with Gasteiger partial charge in [-0.2, -0.15) is 13.2 Å². The van der Waals surface area contributed by atoms with Gasteiger partial charge in [0, 0.05) is 41.2 Å². The van der Waals surface area contributed by atoms with Crippen LogP contribution in [0.3, 0.4) is 0 Å². The molecule has 5 nitrogen and oxygen atoms in total. The van der Waals surface area contributed by atoms with Crippen LogP contribution in [0.4, 0.5) is 19.1 Å². The van der Waals surface area contributed by atoms with Crippen molar-refractivity contribution in [3.8, 4) is 5.75 Å². The van der Waals surface area contributed by atoms with Crippen LogP contribution in [0.15, 0.2) is 30.6 Å². The van der Waals surface area contributed by atoms with Crippen molar-refractivity contribution in [2.24, 2.45) is 11.8 Å². The Morgan fingerprint density at radius 2 is 1.79 bits per heavy atom. The van der Waals surface area contributed by atoms with E-state index in [2.05, 4.69) is 9.97 Å². The van der Waals surface area contributed by atoms with Crippen molar-refractivity contribution in [2.75, 3.05) is 24.6 Å². The molecular weight excluding hydrogens is 418 g/mol. The smallest absolute Gasteiger partial charge is 0.393 e. The molecule has 3 rings (SSSR count). The number of aliphatic hydroxyl groups is 1. The summed E-state index contributed by atoms with van der Waals surface area (Å²) in [6.45, 7) is -0.190. The summed E-state index contributed by atoms with van der Waals surface area (Å²) in [5.41, 5.74) is 0.616. The fourth-order valence-electron chi connectivity index (χ4n) is 3.11. The standard InChI is InChI=1S/C18H18Cl2F3N3O2/c19-15-2-1-3-16(20)14(15)10-28-13-5-24-17(25-6-13)26-7-11(9-27)4-12(8-26)18(21,22)23/h1-3,5-6,11-12,27H,4,7-10H2/t11-,12+/m1/s1. The summed E-state index contributed by atoms with van der Waals surface area (Å²) >= 11 is 12.2. The Bertz CT molecular complexity index is 785. The quantitative estimate of drug-likeness (QED) is 0.755. The fraction of sp³-hybridized carbons (Fsp3) is 0.444. The molecule has 1 aliphatic rings. The Balaban J connectivity index is 1.68. The lowest BCUT2D eigenvalue weighted by Crippen LogP contribution is -2.47. The SMILES string of the molecule is OC[C@@H]1C[C@H](C(F)(F)F)CN(c2ncc(OCc3c(Cl)cccc3Cl)cn2)C1. The number of aromatic nitrogens is 2. The molecule has 1 saturated heterocycles. The third-order valence-electron chi connectivity index (χ3n) is 4.60. The zero-order valence-corrected chi connectivity index (χ0v) is 16.2. The second-order valence-electron chi connectivity index (χ2n) is 6.64. The Labute approximate surface area is 170 Å². The Hall–Kier alpha value is -1.77. The van der Waals surface area contributed by atoms with Gasteiger partial charge in [-0.05, 0) is 18.6 Å². The van der Waals surface area contributed by atoms with Gasteiger partial charge in [0.05, 0.1) is 18.3 Å². The summed E-state index contributed by atoms with van der Waals surface area (Å²) in [5.74, 6) is -1.51. The van der Waals surface area contributed by atoms with Gasteiger partial charge in [0.25, 0.3) is 0 Å². The Kier molecular flexibility index (Phi) is 6.52. The first-order valence-corrected chi connectivity index (χ1v) is 9.33. The van der Waals surface area contributed by atoms with Gasteiger partial charge in [0.1, 0.15) is 6.61 Å². The summed E-state index contributed by atoms with van der Waals surface area (Å²) in [5, 5.41) is 10.3. The van der Waals surface area contributed by atoms with Gasteiger partial charge in [-0.1, -0.05) is 29.3 Å². The average Bonchev–Trinajstić information content (AvgIpc) is 2.67. The van der Waals surface area contributed by atoms with Gasteiger partial charge in [0.15, 0.2) is 5.75 Å². The van der Waals surface area contributed by atoms with Gasteiger partial charge >= 0.3 is 6.18 Å². The first kappa shape index (κ1) is 21.0. The normalized spacial score (nSPS) is 20.3. The predicted octanol–water partition coefficient (Wildman–Crippen LogP) is 4.36.